The molecule has 1 saturated heterocycles. The van der Waals surface area contributed by atoms with Gasteiger partial charge in [0.2, 0.25) is 0 Å². The highest BCUT2D eigenvalue weighted by atomic mass is 32.2. The van der Waals surface area contributed by atoms with E-state index in [0.29, 0.717) is 30.8 Å². The van der Waals surface area contributed by atoms with Crippen molar-refractivity contribution in [2.24, 2.45) is 5.92 Å². The van der Waals surface area contributed by atoms with Crippen LogP contribution < -0.4 is 0 Å². The van der Waals surface area contributed by atoms with Gasteiger partial charge in [0.25, 0.3) is 0 Å². The summed E-state index contributed by atoms with van der Waals surface area (Å²) in [6.45, 7) is 2.36. The Labute approximate surface area is 201 Å². The highest BCUT2D eigenvalue weighted by Gasteiger charge is 2.41. The molecule has 1 aliphatic carbocycles. The predicted molar refractivity (Wildman–Crippen MR) is 125 cm³/mol. The Morgan fingerprint density at radius 1 is 1.26 bits per heavy atom. The number of piperidine rings is 1. The number of rotatable bonds is 8. The number of hydrogen-bond donors (Lipinski definition) is 0. The number of Topliss-reactive ketones (excluding diaryl/α,β-unsaturated/α-hetero) is 1. The van der Waals surface area contributed by atoms with Crippen LogP contribution in [0.3, 0.4) is 0 Å². The van der Waals surface area contributed by atoms with Crippen LogP contribution in [0.5, 0.6) is 0 Å². The summed E-state index contributed by atoms with van der Waals surface area (Å²) in [5.74, 6) is -0.848. The van der Waals surface area contributed by atoms with Gasteiger partial charge in [0.15, 0.2) is 10.9 Å². The molecule has 0 amide bonds. The lowest BCUT2D eigenvalue weighted by molar-refractivity contribution is -0.141. The van der Waals surface area contributed by atoms with E-state index in [2.05, 4.69) is 10.3 Å². The van der Waals surface area contributed by atoms with Crippen LogP contribution in [0.4, 0.5) is 4.39 Å². The molecule has 1 aromatic heterocycles. The summed E-state index contributed by atoms with van der Waals surface area (Å²) in [5.41, 5.74) is 1.87. The molecular weight excluding hydrogens is 459 g/mol. The van der Waals surface area contributed by atoms with Gasteiger partial charge in [-0.25, -0.2) is 9.07 Å². The van der Waals surface area contributed by atoms with Crippen LogP contribution >= 0.6 is 11.8 Å². The molecule has 10 heteroatoms. The number of likely N-dealkylation sites (tertiary alicyclic amines) is 1. The van der Waals surface area contributed by atoms with Crippen LogP contribution in [0.2, 0.25) is 0 Å². The lowest BCUT2D eigenvalue weighted by Gasteiger charge is -2.38. The molecule has 0 spiro atoms. The fraction of sp³-hybridized carbons (Fsp3) is 0.458. The van der Waals surface area contributed by atoms with Crippen molar-refractivity contribution in [1.29, 1.82) is 0 Å². The number of carbonyl (C=O) groups excluding carboxylic acids is 3. The first-order chi connectivity index (χ1) is 16.4. The Balaban J connectivity index is 1.67. The molecule has 2 unspecified atom stereocenters. The van der Waals surface area contributed by atoms with Gasteiger partial charge in [-0.1, -0.05) is 35.2 Å². The topological polar surface area (TPSA) is 94.4 Å². The number of methoxy groups -OCH3 is 1. The summed E-state index contributed by atoms with van der Waals surface area (Å²) in [6.07, 6.45) is 5.68. The van der Waals surface area contributed by atoms with Crippen LogP contribution in [-0.2, 0) is 25.7 Å². The van der Waals surface area contributed by atoms with Crippen molar-refractivity contribution in [1.82, 2.24) is 19.9 Å². The van der Waals surface area contributed by atoms with Gasteiger partial charge in [0, 0.05) is 36.7 Å². The minimum absolute atomic E-state index is 0.00902. The Kier molecular flexibility index (Phi) is 7.57. The molecule has 4 rings (SSSR count). The summed E-state index contributed by atoms with van der Waals surface area (Å²) < 4.78 is 20.9. The molecule has 1 aliphatic heterocycles. The number of thioether (sulfide) groups is 1. The molecule has 2 fully saturated rings. The molecule has 2 aliphatic rings. The van der Waals surface area contributed by atoms with Crippen molar-refractivity contribution in [3.8, 4) is 0 Å². The first-order valence-electron chi connectivity index (χ1n) is 11.2. The maximum atomic E-state index is 14.8. The maximum Gasteiger partial charge on any atom is 0.327 e. The van der Waals surface area contributed by atoms with E-state index in [-0.39, 0.29) is 28.6 Å². The molecule has 180 valence electrons. The number of ketones is 1. The Bertz CT molecular complexity index is 1110. The first-order valence-corrected chi connectivity index (χ1v) is 12.1. The second-order valence-corrected chi connectivity index (χ2v) is 9.95. The fourth-order valence-electron chi connectivity index (χ4n) is 4.27. The Hall–Kier alpha value is -2.85. The number of hydrogen-bond acceptors (Lipinski definition) is 8. The highest BCUT2D eigenvalue weighted by Crippen LogP contribution is 2.40. The van der Waals surface area contributed by atoms with Crippen LogP contribution in [0.1, 0.15) is 43.5 Å². The molecule has 0 bridgehead atoms. The first kappa shape index (κ1) is 24.3. The lowest BCUT2D eigenvalue weighted by atomic mass is 9.93. The summed E-state index contributed by atoms with van der Waals surface area (Å²) >= 11 is 1.23. The molecule has 0 N–H and O–H groups in total. The second-order valence-electron chi connectivity index (χ2n) is 8.57. The molecule has 1 saturated carbocycles. The van der Waals surface area contributed by atoms with Crippen molar-refractivity contribution in [2.75, 3.05) is 20.2 Å². The van der Waals surface area contributed by atoms with E-state index >= 15 is 0 Å². The van der Waals surface area contributed by atoms with E-state index in [1.165, 1.54) is 42.7 Å². The summed E-state index contributed by atoms with van der Waals surface area (Å²) in [5, 5.41) is 7.75. The molecule has 2 atom stereocenters. The van der Waals surface area contributed by atoms with Crippen LogP contribution in [0.25, 0.3) is 6.08 Å². The third-order valence-corrected chi connectivity index (χ3v) is 7.24. The monoisotopic (exact) mass is 486 g/mol. The van der Waals surface area contributed by atoms with E-state index in [1.807, 2.05) is 11.0 Å². The number of esters is 1. The van der Waals surface area contributed by atoms with Gasteiger partial charge in [-0.3, -0.25) is 19.3 Å². The normalized spacial score (nSPS) is 20.8. The number of halogens is 1. The van der Waals surface area contributed by atoms with Gasteiger partial charge in [0.05, 0.1) is 25.0 Å². The van der Waals surface area contributed by atoms with Gasteiger partial charge in [-0.05, 0) is 37.0 Å². The quantitative estimate of drug-likeness (QED) is 0.526. The van der Waals surface area contributed by atoms with Crippen LogP contribution in [-0.4, -0.2) is 62.2 Å². The Morgan fingerprint density at radius 3 is 2.71 bits per heavy atom. The third kappa shape index (κ3) is 5.61. The SMILES string of the molecule is COC(=O)Cn1nncc1/C=C1/CN(C(C(=O)C2CC2)c2ccccc2F)CCC1SC(C)=O. The van der Waals surface area contributed by atoms with Crippen LogP contribution in [0.15, 0.2) is 36.0 Å². The van der Waals surface area contributed by atoms with Crippen molar-refractivity contribution in [2.45, 2.75) is 44.0 Å². The molecule has 0 radical (unpaired) electrons. The molecule has 34 heavy (non-hydrogen) atoms. The minimum atomic E-state index is -0.682. The van der Waals surface area contributed by atoms with E-state index in [0.717, 1.165) is 18.4 Å². The minimum Gasteiger partial charge on any atom is -0.468 e. The summed E-state index contributed by atoms with van der Waals surface area (Å²) in [6, 6.07) is 5.74. The van der Waals surface area contributed by atoms with E-state index in [4.69, 9.17) is 4.74 Å². The number of nitrogens with zero attached hydrogens (tertiary/aromatic N) is 4. The lowest BCUT2D eigenvalue weighted by Crippen LogP contribution is -2.43. The molecule has 1 aromatic carbocycles. The standard InChI is InChI=1S/C24H27FN4O4S/c1-15(30)34-21-9-10-28(13-17(21)11-18-12-26-27-29(18)14-22(31)33-2)23(24(32)16-7-8-16)19-5-3-4-6-20(19)25/h3-6,11-12,16,21,23H,7-10,13-14H2,1-2H3/b17-11-. The largest absolute Gasteiger partial charge is 0.468 e. The van der Waals surface area contributed by atoms with Gasteiger partial charge in [-0.15, -0.1) is 5.10 Å². The zero-order chi connectivity index (χ0) is 24.2. The molecular formula is C24H27FN4O4S. The average molecular weight is 487 g/mol. The fourth-order valence-corrected chi connectivity index (χ4v) is 5.19. The molecule has 8 nitrogen and oxygen atoms in total. The molecule has 2 heterocycles. The summed E-state index contributed by atoms with van der Waals surface area (Å²) in [7, 11) is 1.30. The highest BCUT2D eigenvalue weighted by molar-refractivity contribution is 8.14. The zero-order valence-corrected chi connectivity index (χ0v) is 20.0. The molecule has 2 aromatic rings. The van der Waals surface area contributed by atoms with Gasteiger partial charge >= 0.3 is 5.97 Å². The van der Waals surface area contributed by atoms with Crippen molar-refractivity contribution < 1.29 is 23.5 Å². The Morgan fingerprint density at radius 2 is 2.03 bits per heavy atom. The van der Waals surface area contributed by atoms with Gasteiger partial charge in [-0.2, -0.15) is 0 Å². The number of benzene rings is 1. The van der Waals surface area contributed by atoms with Gasteiger partial charge in [0.1, 0.15) is 12.4 Å². The number of aromatic nitrogens is 3. The van der Waals surface area contributed by atoms with Gasteiger partial charge < -0.3 is 4.74 Å². The smallest absolute Gasteiger partial charge is 0.327 e. The van der Waals surface area contributed by atoms with Crippen LogP contribution in [0, 0.1) is 11.7 Å². The number of ether oxygens (including phenoxy) is 1. The van der Waals surface area contributed by atoms with Crippen molar-refractivity contribution >= 4 is 34.7 Å². The van der Waals surface area contributed by atoms with Crippen molar-refractivity contribution in [3.05, 3.63) is 53.1 Å². The summed E-state index contributed by atoms with van der Waals surface area (Å²) in [4.78, 5) is 39.0. The maximum absolute atomic E-state index is 14.8. The average Bonchev–Trinajstić information content (AvgIpc) is 3.58. The van der Waals surface area contributed by atoms with E-state index < -0.39 is 17.8 Å². The second kappa shape index (κ2) is 10.6. The van der Waals surface area contributed by atoms with E-state index in [9.17, 15) is 18.8 Å². The number of carbonyl (C=O) groups is 3. The van der Waals surface area contributed by atoms with E-state index in [1.54, 1.807) is 18.2 Å². The third-order valence-electron chi connectivity index (χ3n) is 6.09. The zero-order valence-electron chi connectivity index (χ0n) is 19.1. The van der Waals surface area contributed by atoms with Crippen molar-refractivity contribution in [3.63, 3.8) is 0 Å². The predicted octanol–water partition coefficient (Wildman–Crippen LogP) is 3.05.